The second-order valence-electron chi connectivity index (χ2n) is 4.86. The fourth-order valence-electron chi connectivity index (χ4n) is 2.15. The van der Waals surface area contributed by atoms with E-state index >= 15 is 0 Å². The normalized spacial score (nSPS) is 13.2. The molecule has 126 valence electrons. The Bertz CT molecular complexity index is 874. The standard InChI is InChI=1S/C16H14O7S/c1-20-16(17)11-3-2-4-12(9-11)23-24(18,19)13-5-6-14-15(10-13)22-8-7-21-14/h2-6,9-10H,7-8H2,1H3. The van der Waals surface area contributed by atoms with Crippen LogP contribution >= 0.6 is 0 Å². The van der Waals surface area contributed by atoms with Crippen LogP contribution in [0.4, 0.5) is 0 Å². The minimum atomic E-state index is -4.08. The zero-order valence-electron chi connectivity index (χ0n) is 12.7. The lowest BCUT2D eigenvalue weighted by Crippen LogP contribution is -2.16. The molecule has 0 amide bonds. The fourth-order valence-corrected chi connectivity index (χ4v) is 3.09. The highest BCUT2D eigenvalue weighted by Gasteiger charge is 2.21. The number of fused-ring (bicyclic) bond motifs is 1. The molecule has 0 saturated heterocycles. The van der Waals surface area contributed by atoms with Crippen molar-refractivity contribution in [2.24, 2.45) is 0 Å². The molecule has 2 aromatic carbocycles. The summed E-state index contributed by atoms with van der Waals surface area (Å²) >= 11 is 0. The number of ether oxygens (including phenoxy) is 3. The molecule has 1 aliphatic rings. The van der Waals surface area contributed by atoms with E-state index in [1.165, 1.54) is 49.6 Å². The Hall–Kier alpha value is -2.74. The number of rotatable bonds is 4. The summed E-state index contributed by atoms with van der Waals surface area (Å²) in [5.74, 6) is 0.243. The Balaban J connectivity index is 1.88. The molecule has 2 aromatic rings. The molecule has 1 heterocycles. The van der Waals surface area contributed by atoms with Gasteiger partial charge >= 0.3 is 16.1 Å². The Morgan fingerprint density at radius 1 is 1.04 bits per heavy atom. The topological polar surface area (TPSA) is 88.1 Å². The molecular formula is C16H14O7S. The molecule has 0 N–H and O–H groups in total. The molecule has 0 spiro atoms. The van der Waals surface area contributed by atoms with Gasteiger partial charge in [-0.15, -0.1) is 0 Å². The van der Waals surface area contributed by atoms with Gasteiger partial charge < -0.3 is 18.4 Å². The van der Waals surface area contributed by atoms with E-state index in [2.05, 4.69) is 4.74 Å². The molecule has 0 fully saturated rings. The second kappa shape index (κ2) is 6.40. The predicted octanol–water partition coefficient (Wildman–Crippen LogP) is 2.01. The third kappa shape index (κ3) is 3.28. The molecule has 0 unspecified atom stereocenters. The summed E-state index contributed by atoms with van der Waals surface area (Å²) < 4.78 is 45.2. The predicted molar refractivity (Wildman–Crippen MR) is 83.0 cm³/mol. The van der Waals surface area contributed by atoms with E-state index in [0.29, 0.717) is 24.7 Å². The van der Waals surface area contributed by atoms with Crippen LogP contribution in [0.1, 0.15) is 10.4 Å². The van der Waals surface area contributed by atoms with Gasteiger partial charge in [-0.1, -0.05) is 6.07 Å². The van der Waals surface area contributed by atoms with E-state index in [4.69, 9.17) is 13.7 Å². The van der Waals surface area contributed by atoms with Crippen LogP contribution < -0.4 is 13.7 Å². The summed E-state index contributed by atoms with van der Waals surface area (Å²) in [6.07, 6.45) is 0. The van der Waals surface area contributed by atoms with Crippen LogP contribution in [0, 0.1) is 0 Å². The number of benzene rings is 2. The highest BCUT2D eigenvalue weighted by Crippen LogP contribution is 2.33. The Kier molecular flexibility index (Phi) is 4.30. The third-order valence-electron chi connectivity index (χ3n) is 3.26. The van der Waals surface area contributed by atoms with E-state index in [0.717, 1.165) is 0 Å². The van der Waals surface area contributed by atoms with Gasteiger partial charge in [0.25, 0.3) is 0 Å². The molecule has 0 atom stereocenters. The number of methoxy groups -OCH3 is 1. The summed E-state index contributed by atoms with van der Waals surface area (Å²) in [5, 5.41) is 0. The molecule has 0 aliphatic carbocycles. The monoisotopic (exact) mass is 350 g/mol. The van der Waals surface area contributed by atoms with E-state index in [1.54, 1.807) is 0 Å². The molecule has 0 radical (unpaired) electrons. The quantitative estimate of drug-likeness (QED) is 0.615. The number of carbonyl (C=O) groups excluding carboxylic acids is 1. The zero-order valence-corrected chi connectivity index (χ0v) is 13.5. The lowest BCUT2D eigenvalue weighted by molar-refractivity contribution is 0.0600. The van der Waals surface area contributed by atoms with Crippen molar-refractivity contribution in [3.05, 3.63) is 48.0 Å². The lowest BCUT2D eigenvalue weighted by Gasteiger charge is -2.18. The lowest BCUT2D eigenvalue weighted by atomic mass is 10.2. The SMILES string of the molecule is COC(=O)c1cccc(OS(=O)(=O)c2ccc3c(c2)OCCO3)c1. The largest absolute Gasteiger partial charge is 0.486 e. The highest BCUT2D eigenvalue weighted by atomic mass is 32.2. The van der Waals surface area contributed by atoms with E-state index in [1.807, 2.05) is 0 Å². The summed E-state index contributed by atoms with van der Waals surface area (Å²) in [5.41, 5.74) is 0.187. The fraction of sp³-hybridized carbons (Fsp3) is 0.188. The number of esters is 1. The van der Waals surface area contributed by atoms with Gasteiger partial charge in [0.2, 0.25) is 0 Å². The van der Waals surface area contributed by atoms with Gasteiger partial charge in [-0.2, -0.15) is 8.42 Å². The number of carbonyl (C=O) groups is 1. The van der Waals surface area contributed by atoms with Crippen LogP contribution in [0.3, 0.4) is 0 Å². The Morgan fingerprint density at radius 2 is 1.79 bits per heavy atom. The van der Waals surface area contributed by atoms with Gasteiger partial charge in [0.1, 0.15) is 23.9 Å². The Labute approximate surface area is 138 Å². The van der Waals surface area contributed by atoms with Gasteiger partial charge in [0, 0.05) is 6.07 Å². The van der Waals surface area contributed by atoms with E-state index in [-0.39, 0.29) is 16.2 Å². The van der Waals surface area contributed by atoms with Gasteiger partial charge in [-0.05, 0) is 30.3 Å². The van der Waals surface area contributed by atoms with Crippen molar-refractivity contribution in [1.82, 2.24) is 0 Å². The third-order valence-corrected chi connectivity index (χ3v) is 4.51. The molecule has 0 bridgehead atoms. The number of hydrogen-bond donors (Lipinski definition) is 0. The van der Waals surface area contributed by atoms with Crippen LogP contribution in [-0.2, 0) is 14.9 Å². The van der Waals surface area contributed by atoms with Crippen LogP contribution in [-0.4, -0.2) is 34.7 Å². The minimum absolute atomic E-state index is 0.00721. The smallest absolute Gasteiger partial charge is 0.339 e. The van der Waals surface area contributed by atoms with Gasteiger partial charge in [-0.25, -0.2) is 4.79 Å². The average Bonchev–Trinajstić information content (AvgIpc) is 2.60. The molecule has 24 heavy (non-hydrogen) atoms. The first-order valence-electron chi connectivity index (χ1n) is 7.02. The minimum Gasteiger partial charge on any atom is -0.486 e. The van der Waals surface area contributed by atoms with E-state index < -0.39 is 16.1 Å². The molecule has 0 saturated carbocycles. The van der Waals surface area contributed by atoms with Crippen LogP contribution in [0.5, 0.6) is 17.2 Å². The number of hydrogen-bond acceptors (Lipinski definition) is 7. The summed E-state index contributed by atoms with van der Waals surface area (Å²) in [6.45, 7) is 0.758. The second-order valence-corrected chi connectivity index (χ2v) is 6.41. The maximum atomic E-state index is 12.4. The van der Waals surface area contributed by atoms with Crippen LogP contribution in [0.25, 0.3) is 0 Å². The summed E-state index contributed by atoms with van der Waals surface area (Å²) in [4.78, 5) is 11.4. The first-order valence-corrected chi connectivity index (χ1v) is 8.43. The maximum absolute atomic E-state index is 12.4. The van der Waals surface area contributed by atoms with Gasteiger partial charge in [0.15, 0.2) is 11.5 Å². The molecular weight excluding hydrogens is 336 g/mol. The maximum Gasteiger partial charge on any atom is 0.339 e. The molecule has 3 rings (SSSR count). The van der Waals surface area contributed by atoms with Gasteiger partial charge in [-0.3, -0.25) is 0 Å². The van der Waals surface area contributed by atoms with Crippen molar-refractivity contribution in [3.63, 3.8) is 0 Å². The zero-order chi connectivity index (χ0) is 17.2. The van der Waals surface area contributed by atoms with Crippen molar-refractivity contribution in [2.75, 3.05) is 20.3 Å². The van der Waals surface area contributed by atoms with Crippen molar-refractivity contribution in [3.8, 4) is 17.2 Å². The van der Waals surface area contributed by atoms with E-state index in [9.17, 15) is 13.2 Å². The molecule has 1 aliphatic heterocycles. The molecule has 0 aromatic heterocycles. The van der Waals surface area contributed by atoms with Crippen molar-refractivity contribution < 1.29 is 31.6 Å². The van der Waals surface area contributed by atoms with Crippen LogP contribution in [0.15, 0.2) is 47.4 Å². The van der Waals surface area contributed by atoms with Crippen LogP contribution in [0.2, 0.25) is 0 Å². The first kappa shape index (κ1) is 16.1. The van der Waals surface area contributed by atoms with Gasteiger partial charge in [0.05, 0.1) is 12.7 Å². The average molecular weight is 350 g/mol. The molecule has 8 heteroatoms. The Morgan fingerprint density at radius 3 is 2.54 bits per heavy atom. The summed E-state index contributed by atoms with van der Waals surface area (Å²) in [6, 6.07) is 9.94. The van der Waals surface area contributed by atoms with Crippen molar-refractivity contribution in [1.29, 1.82) is 0 Å². The molecule has 7 nitrogen and oxygen atoms in total. The summed E-state index contributed by atoms with van der Waals surface area (Å²) in [7, 11) is -2.85. The van der Waals surface area contributed by atoms with Crippen molar-refractivity contribution >= 4 is 16.1 Å². The highest BCUT2D eigenvalue weighted by molar-refractivity contribution is 7.87. The van der Waals surface area contributed by atoms with Crippen molar-refractivity contribution in [2.45, 2.75) is 4.90 Å². The first-order chi connectivity index (χ1) is 11.5.